The predicted molar refractivity (Wildman–Crippen MR) is 77.3 cm³/mol. The largest absolute Gasteiger partial charge is 0.360 e. The van der Waals surface area contributed by atoms with Crippen LogP contribution in [0.15, 0.2) is 22.8 Å². The molecule has 1 aromatic heterocycles. The van der Waals surface area contributed by atoms with Crippen molar-refractivity contribution in [2.45, 2.75) is 3.79 Å². The first-order valence-electron chi connectivity index (χ1n) is 4.78. The number of halogens is 4. The van der Waals surface area contributed by atoms with Crippen molar-refractivity contribution < 1.29 is 9.72 Å². The summed E-state index contributed by atoms with van der Waals surface area (Å²) in [5, 5.41) is 11.1. The fourth-order valence-corrected chi connectivity index (χ4v) is 2.49. The average molecular weight is 386 g/mol. The van der Waals surface area contributed by atoms with E-state index in [1.165, 1.54) is 18.3 Å². The van der Waals surface area contributed by atoms with Crippen LogP contribution in [0.5, 0.6) is 0 Å². The number of nitrogens with zero attached hydrogens (tertiary/aromatic N) is 1. The van der Waals surface area contributed by atoms with E-state index >= 15 is 0 Å². The van der Waals surface area contributed by atoms with Crippen molar-refractivity contribution in [1.82, 2.24) is 4.98 Å². The van der Waals surface area contributed by atoms with Crippen molar-refractivity contribution in [3.63, 3.8) is 0 Å². The number of aromatic nitrogens is 1. The highest BCUT2D eigenvalue weighted by Gasteiger charge is 2.33. The molecule has 0 fully saturated rings. The second kappa shape index (κ2) is 4.94. The smallest absolute Gasteiger partial charge is 0.271 e. The molecule has 2 rings (SSSR count). The van der Waals surface area contributed by atoms with Crippen LogP contribution in [0.3, 0.4) is 0 Å². The van der Waals surface area contributed by atoms with Crippen molar-refractivity contribution in [3.8, 4) is 0 Å². The van der Waals surface area contributed by atoms with Crippen LogP contribution in [-0.2, 0) is 0 Å². The quantitative estimate of drug-likeness (QED) is 0.360. The Morgan fingerprint density at radius 1 is 1.37 bits per heavy atom. The van der Waals surface area contributed by atoms with Crippen LogP contribution >= 0.6 is 50.7 Å². The number of nitrogens with one attached hydrogen (secondary N) is 1. The maximum Gasteiger partial charge on any atom is 0.271 e. The second-order valence-corrected chi connectivity index (χ2v) is 6.77. The number of nitro benzene ring substituents is 1. The third-order valence-electron chi connectivity index (χ3n) is 2.44. The third-order valence-corrected chi connectivity index (χ3v) is 3.58. The van der Waals surface area contributed by atoms with Gasteiger partial charge >= 0.3 is 0 Å². The maximum atomic E-state index is 11.9. The summed E-state index contributed by atoms with van der Waals surface area (Å²) in [5.41, 5.74) is 0.431. The van der Waals surface area contributed by atoms with Gasteiger partial charge in [0.15, 0.2) is 0 Å². The minimum atomic E-state index is -2.12. The first-order chi connectivity index (χ1) is 8.71. The molecule has 0 bridgehead atoms. The molecule has 0 aliphatic rings. The lowest BCUT2D eigenvalue weighted by Gasteiger charge is -2.08. The molecular weight excluding hydrogens is 382 g/mol. The summed E-state index contributed by atoms with van der Waals surface area (Å²) in [6.45, 7) is 0. The standard InChI is InChI=1S/C10H4BrCl3N2O3/c11-7-2-4(16(18)19)1-5-6(3-15-8(5)7)9(17)10(12,13)14/h1-3,15H. The summed E-state index contributed by atoms with van der Waals surface area (Å²) in [7, 11) is 0. The summed E-state index contributed by atoms with van der Waals surface area (Å²) in [6.07, 6.45) is 1.35. The van der Waals surface area contributed by atoms with Crippen LogP contribution in [0, 0.1) is 10.1 Å². The van der Waals surface area contributed by atoms with Crippen molar-refractivity contribution >= 4 is 73.1 Å². The number of carbonyl (C=O) groups is 1. The lowest BCUT2D eigenvalue weighted by Crippen LogP contribution is -2.18. The highest BCUT2D eigenvalue weighted by atomic mass is 79.9. The van der Waals surface area contributed by atoms with E-state index in [1.54, 1.807) is 0 Å². The molecule has 100 valence electrons. The highest BCUT2D eigenvalue weighted by Crippen LogP contribution is 2.36. The lowest BCUT2D eigenvalue weighted by molar-refractivity contribution is -0.384. The average Bonchev–Trinajstić information content (AvgIpc) is 2.70. The molecule has 1 heterocycles. The normalized spacial score (nSPS) is 11.8. The van der Waals surface area contributed by atoms with Crippen molar-refractivity contribution in [2.75, 3.05) is 0 Å². The second-order valence-electron chi connectivity index (χ2n) is 3.64. The zero-order valence-electron chi connectivity index (χ0n) is 8.92. The third kappa shape index (κ3) is 2.72. The van der Waals surface area contributed by atoms with E-state index in [9.17, 15) is 14.9 Å². The molecule has 0 aliphatic carbocycles. The summed E-state index contributed by atoms with van der Waals surface area (Å²) < 4.78 is -1.67. The van der Waals surface area contributed by atoms with Gasteiger partial charge in [-0.15, -0.1) is 0 Å². The molecule has 2 aromatic rings. The first kappa shape index (κ1) is 14.6. The van der Waals surface area contributed by atoms with Crippen molar-refractivity contribution in [3.05, 3.63) is 38.5 Å². The molecule has 0 spiro atoms. The van der Waals surface area contributed by atoms with E-state index < -0.39 is 14.5 Å². The summed E-state index contributed by atoms with van der Waals surface area (Å²) in [6, 6.07) is 2.57. The van der Waals surface area contributed by atoms with E-state index in [2.05, 4.69) is 20.9 Å². The number of carbonyl (C=O) groups excluding carboxylic acids is 1. The topological polar surface area (TPSA) is 76.0 Å². The van der Waals surface area contributed by atoms with Crippen LogP contribution in [0.2, 0.25) is 0 Å². The number of rotatable bonds is 2. The SMILES string of the molecule is O=C(c1c[nH]c2c(Br)cc([N+](=O)[O-])cc12)C(Cl)(Cl)Cl. The Labute approximate surface area is 130 Å². The lowest BCUT2D eigenvalue weighted by atomic mass is 10.1. The molecule has 1 aromatic carbocycles. The van der Waals surface area contributed by atoms with E-state index in [0.717, 1.165) is 0 Å². The molecule has 0 saturated heterocycles. The molecule has 0 amide bonds. The van der Waals surface area contributed by atoms with Crippen LogP contribution in [-0.4, -0.2) is 19.5 Å². The fraction of sp³-hybridized carbons (Fsp3) is 0.100. The molecule has 0 unspecified atom stereocenters. The monoisotopic (exact) mass is 384 g/mol. The van der Waals surface area contributed by atoms with Gasteiger partial charge in [0, 0.05) is 33.8 Å². The Hall–Kier alpha value is -0.820. The van der Waals surface area contributed by atoms with Crippen LogP contribution < -0.4 is 0 Å². The molecule has 0 atom stereocenters. The number of hydrogen-bond donors (Lipinski definition) is 1. The minimum absolute atomic E-state index is 0.0828. The van der Waals surface area contributed by atoms with Crippen LogP contribution in [0.25, 0.3) is 10.9 Å². The number of Topliss-reactive ketones (excluding diaryl/α,β-unsaturated/α-hetero) is 1. The van der Waals surface area contributed by atoms with E-state index in [1.807, 2.05) is 0 Å². The molecule has 9 heteroatoms. The number of hydrogen-bond acceptors (Lipinski definition) is 3. The molecule has 5 nitrogen and oxygen atoms in total. The van der Waals surface area contributed by atoms with Crippen molar-refractivity contribution in [1.29, 1.82) is 0 Å². The number of non-ortho nitro benzene ring substituents is 1. The molecule has 0 radical (unpaired) electrons. The van der Waals surface area contributed by atoms with Gasteiger partial charge in [0.05, 0.1) is 10.4 Å². The highest BCUT2D eigenvalue weighted by molar-refractivity contribution is 9.10. The Morgan fingerprint density at radius 2 is 2.00 bits per heavy atom. The van der Waals surface area contributed by atoms with Gasteiger partial charge in [-0.05, 0) is 15.9 Å². The maximum absolute atomic E-state index is 11.9. The Balaban J connectivity index is 2.71. The van der Waals surface area contributed by atoms with Gasteiger partial charge < -0.3 is 4.98 Å². The zero-order chi connectivity index (χ0) is 14.4. The van der Waals surface area contributed by atoms with Gasteiger partial charge in [0.25, 0.3) is 9.48 Å². The molecule has 19 heavy (non-hydrogen) atoms. The first-order valence-corrected chi connectivity index (χ1v) is 6.71. The fourth-order valence-electron chi connectivity index (χ4n) is 1.62. The van der Waals surface area contributed by atoms with E-state index in [-0.39, 0.29) is 11.3 Å². The van der Waals surface area contributed by atoms with Gasteiger partial charge in [-0.25, -0.2) is 0 Å². The summed E-state index contributed by atoms with van der Waals surface area (Å²) in [4.78, 5) is 25.0. The Kier molecular flexibility index (Phi) is 3.79. The number of H-pyrrole nitrogens is 1. The minimum Gasteiger partial charge on any atom is -0.360 e. The van der Waals surface area contributed by atoms with E-state index in [0.29, 0.717) is 15.4 Å². The summed E-state index contributed by atoms with van der Waals surface area (Å²) in [5.74, 6) is -0.754. The number of benzene rings is 1. The number of nitro groups is 1. The number of alkyl halides is 3. The molecule has 0 aliphatic heterocycles. The number of aromatic amines is 1. The molecular formula is C10H4BrCl3N2O3. The molecule has 1 N–H and O–H groups in total. The van der Waals surface area contributed by atoms with Gasteiger partial charge in [-0.3, -0.25) is 14.9 Å². The van der Waals surface area contributed by atoms with Crippen LogP contribution in [0.4, 0.5) is 5.69 Å². The van der Waals surface area contributed by atoms with Crippen molar-refractivity contribution in [2.24, 2.45) is 0 Å². The van der Waals surface area contributed by atoms with E-state index in [4.69, 9.17) is 34.8 Å². The zero-order valence-corrected chi connectivity index (χ0v) is 12.8. The van der Waals surface area contributed by atoms with Gasteiger partial charge in [-0.2, -0.15) is 0 Å². The van der Waals surface area contributed by atoms with Gasteiger partial charge in [0.1, 0.15) is 0 Å². The van der Waals surface area contributed by atoms with Gasteiger partial charge in [-0.1, -0.05) is 34.8 Å². The van der Waals surface area contributed by atoms with Gasteiger partial charge in [0.2, 0.25) is 5.78 Å². The Morgan fingerprint density at radius 3 is 2.53 bits per heavy atom. The Bertz CT molecular complexity index is 693. The molecule has 0 saturated carbocycles. The summed E-state index contributed by atoms with van der Waals surface area (Å²) >= 11 is 19.8. The predicted octanol–water partition coefficient (Wildman–Crippen LogP) is 4.39. The van der Waals surface area contributed by atoms with Crippen LogP contribution in [0.1, 0.15) is 10.4 Å². The number of fused-ring (bicyclic) bond motifs is 1. The number of ketones is 1.